The van der Waals surface area contributed by atoms with Crippen LogP contribution >= 0.6 is 11.8 Å². The number of aldehydes is 1. The van der Waals surface area contributed by atoms with E-state index in [1.165, 1.54) is 94.9 Å². The van der Waals surface area contributed by atoms with E-state index >= 15 is 0 Å². The van der Waals surface area contributed by atoms with Gasteiger partial charge in [0.15, 0.2) is 17.4 Å². The van der Waals surface area contributed by atoms with Crippen molar-refractivity contribution in [1.29, 1.82) is 0 Å². The molecule has 20 atom stereocenters. The summed E-state index contributed by atoms with van der Waals surface area (Å²) in [6, 6.07) is 46.2. The molecular formula is C99H126ClN3O12. The van der Waals surface area contributed by atoms with Crippen LogP contribution in [0.15, 0.2) is 133 Å². The number of rotatable bonds is 13. The minimum Gasteiger partial charge on any atom is -0.508 e. The van der Waals surface area contributed by atoms with Gasteiger partial charge >= 0.3 is 0 Å². The number of phenols is 2. The Labute approximate surface area is 688 Å². The van der Waals surface area contributed by atoms with Crippen LogP contribution in [-0.2, 0) is 76.9 Å². The molecule has 15 aliphatic rings. The van der Waals surface area contributed by atoms with E-state index in [-0.39, 0.29) is 39.2 Å². The van der Waals surface area contributed by atoms with Crippen LogP contribution in [0.5, 0.6) is 23.0 Å². The first-order valence-electron chi connectivity index (χ1n) is 44.5. The Morgan fingerprint density at radius 1 is 0.461 bits per heavy atom. The zero-order valence-corrected chi connectivity index (χ0v) is 70.0. The Kier molecular flexibility index (Phi) is 22.3. The van der Waals surface area contributed by atoms with Gasteiger partial charge in [-0.05, 0) is 335 Å². The predicted molar refractivity (Wildman–Crippen MR) is 446 cm³/mol. The highest BCUT2D eigenvalue weighted by atomic mass is 35.5. The summed E-state index contributed by atoms with van der Waals surface area (Å²) in [7, 11) is 6.05. The lowest BCUT2D eigenvalue weighted by Gasteiger charge is -2.53. The number of nitrogens with one attached hydrogen (secondary N) is 2. The molecule has 16 heteroatoms. The summed E-state index contributed by atoms with van der Waals surface area (Å²) in [5.41, 5.74) is 13.9. The van der Waals surface area contributed by atoms with Gasteiger partial charge in [-0.25, -0.2) is 4.42 Å². The summed E-state index contributed by atoms with van der Waals surface area (Å²) >= 11 is 6.15. The molecule has 11 fully saturated rings. The van der Waals surface area contributed by atoms with E-state index in [1.54, 1.807) is 9.98 Å². The average Bonchev–Trinajstić information content (AvgIpc) is 1.56. The number of benzene rings is 6. The number of ketones is 1. The monoisotopic (exact) mass is 1580 g/mol. The third-order valence-corrected chi connectivity index (χ3v) is 33.6. The van der Waals surface area contributed by atoms with E-state index in [0.29, 0.717) is 139 Å². The standard InChI is InChI=1S/C29H37NO3.C28H32O4.C22H31NO3.C20H26ClNO2/c1-28-13-12-25-24-11-9-23(31-19-20-6-4-3-5-7-20)16-21(24)8-10-26(25)27(28)22(18-30-2)17-29(28)32-14-15-33-29;1-27-12-11-24-23-10-8-22(30-18-19-5-3-2-4-6-19)15-20(23)7-9-25(24)26(27)21(17-29)16-28(27)31-13-14-32-28;1-21-8-7-18-17-6-4-16(24)11-14(17)3-5-19(18)20(21)15(13-23-2)12-22(21)25-9-10-26-22;1-20-8-7-16-15-6-4-14(23)9-12(15)3-5-17(16)19(20)13(10-18(20)24)11-22(2)21/h3-7,9,11,16,22,25-27,30H,8,10,12-15,17-19H2,1-2H3;2-6,8,10,15,17,21,24-26H,7,9,11-14,16,18H2,1H3;4,6,11,15,18-20,23-24H,3,5,7-10,12-13H2,1-2H3;4,6,9,13,16-17,19,23H,3,5,7-8,10-11H2,1-2H3/t22-,25-,26-,27+,28+;21-,24-,25-,26+,27+;15-,18-,19-,20+,21+;13-,16-,17-,19+,20-/m1111/s1. The quantitative estimate of drug-likeness (QED) is 0.0634. The second kappa shape index (κ2) is 32.1. The summed E-state index contributed by atoms with van der Waals surface area (Å²) in [6.07, 6.45) is 22.7. The fourth-order valence-corrected chi connectivity index (χ4v) is 29.1. The van der Waals surface area contributed by atoms with Crippen LogP contribution in [-0.4, -0.2) is 124 Å². The lowest BCUT2D eigenvalue weighted by Crippen LogP contribution is -2.52. The Bertz CT molecular complexity index is 4470. The van der Waals surface area contributed by atoms with Crippen LogP contribution in [0.2, 0.25) is 0 Å². The number of halogens is 1. The molecule has 6 aromatic carbocycles. The van der Waals surface area contributed by atoms with Crippen molar-refractivity contribution < 1.29 is 57.7 Å². The van der Waals surface area contributed by atoms with Gasteiger partial charge in [-0.15, -0.1) is 0 Å². The Balaban J connectivity index is 0.000000107. The number of hydrogen-bond donors (Lipinski definition) is 4. The number of fused-ring (bicyclic) bond motifs is 23. The van der Waals surface area contributed by atoms with Gasteiger partial charge in [0.05, 0.1) is 39.6 Å². The van der Waals surface area contributed by atoms with Gasteiger partial charge in [-0.1, -0.05) is 113 Å². The second-order valence-corrected chi connectivity index (χ2v) is 39.3. The van der Waals surface area contributed by atoms with Crippen LogP contribution in [0.4, 0.5) is 0 Å². The molecule has 3 saturated heterocycles. The number of carbonyl (C=O) groups excluding carboxylic acids is 2. The first-order valence-corrected chi connectivity index (χ1v) is 44.8. The summed E-state index contributed by atoms with van der Waals surface area (Å²) in [6.45, 7) is 17.8. The van der Waals surface area contributed by atoms with Crippen molar-refractivity contribution in [2.45, 2.75) is 210 Å². The molecule has 12 aliphatic carbocycles. The van der Waals surface area contributed by atoms with Crippen molar-refractivity contribution >= 4 is 23.8 Å². The van der Waals surface area contributed by atoms with Gasteiger partial charge < -0.3 is 63.5 Å². The molecule has 115 heavy (non-hydrogen) atoms. The molecule has 3 heterocycles. The maximum absolute atomic E-state index is 12.8. The minimum absolute atomic E-state index is 0.0286. The first-order chi connectivity index (χ1) is 55.7. The zero-order valence-electron chi connectivity index (χ0n) is 69.2. The van der Waals surface area contributed by atoms with Gasteiger partial charge in [0.1, 0.15) is 48.3 Å². The normalized spacial score (nSPS) is 36.4. The van der Waals surface area contributed by atoms with Gasteiger partial charge in [0, 0.05) is 66.9 Å². The summed E-state index contributed by atoms with van der Waals surface area (Å²) in [5, 5.41) is 26.6. The summed E-state index contributed by atoms with van der Waals surface area (Å²) in [4.78, 5) is 25.0. The molecule has 21 rings (SSSR count). The largest absolute Gasteiger partial charge is 0.508 e. The predicted octanol–water partition coefficient (Wildman–Crippen LogP) is 18.2. The van der Waals surface area contributed by atoms with Gasteiger partial charge in [-0.2, -0.15) is 0 Å². The average molecular weight is 1590 g/mol. The molecule has 4 N–H and O–H groups in total. The van der Waals surface area contributed by atoms with Crippen molar-refractivity contribution in [1.82, 2.24) is 15.1 Å². The number of aryl methyl sites for hydroxylation is 4. The number of Topliss-reactive ketones (excluding diaryl/α,β-unsaturated/α-hetero) is 1. The fourth-order valence-electron chi connectivity index (χ4n) is 28.9. The minimum atomic E-state index is -0.552. The van der Waals surface area contributed by atoms with E-state index in [9.17, 15) is 19.8 Å². The van der Waals surface area contributed by atoms with E-state index in [1.807, 2.05) is 55.6 Å². The van der Waals surface area contributed by atoms with Crippen LogP contribution in [0.25, 0.3) is 0 Å². The maximum atomic E-state index is 12.8. The molecule has 616 valence electrons. The number of phenolic OH excluding ortho intramolecular Hbond substituents is 2. The number of ether oxygens (including phenoxy) is 8. The highest BCUT2D eigenvalue weighted by Gasteiger charge is 2.72. The van der Waals surface area contributed by atoms with Gasteiger partial charge in [-0.3, -0.25) is 4.79 Å². The molecule has 0 unspecified atom stereocenters. The number of carbonyl (C=O) groups is 2. The SMILES string of the molecule is CN(Cl)C[C@H]1CC(=O)[C@@]2(C)CC[C@@H]3c4ccc(O)cc4CC[C@H]3[C@H]12.CNC[C@H]1CC2(OCCO2)[C@@]2(C)CC[C@@H]3c4ccc(O)cc4CC[C@H]3[C@H]12.CNC[C@H]1CC2(OCCO2)[C@@]2(C)CC[C@@H]3c4ccc(OCc5ccccc5)cc4CC[C@H]3[C@H]12.C[C@]12CC[C@@H]3c4ccc(OCc5ccccc5)cc4CC[C@H]3[C@@H]1[C@@H](C=O)CC21OCCO1. The summed E-state index contributed by atoms with van der Waals surface area (Å²) < 4.78 is 51.9. The molecule has 8 saturated carbocycles. The van der Waals surface area contributed by atoms with E-state index in [0.717, 1.165) is 141 Å². The molecule has 15 nitrogen and oxygen atoms in total. The van der Waals surface area contributed by atoms with Crippen LogP contribution < -0.4 is 20.1 Å². The number of hydrogen-bond acceptors (Lipinski definition) is 15. The Morgan fingerprint density at radius 2 is 0.826 bits per heavy atom. The third kappa shape index (κ3) is 13.9. The molecule has 0 radical (unpaired) electrons. The maximum Gasteiger partial charge on any atom is 0.174 e. The lowest BCUT2D eigenvalue weighted by atomic mass is 9.53. The van der Waals surface area contributed by atoms with Crippen LogP contribution in [0.3, 0.4) is 0 Å². The Morgan fingerprint density at radius 3 is 1.23 bits per heavy atom. The van der Waals surface area contributed by atoms with Gasteiger partial charge in [0.25, 0.3) is 0 Å². The van der Waals surface area contributed by atoms with Crippen LogP contribution in [0, 0.1) is 92.7 Å². The van der Waals surface area contributed by atoms with Crippen molar-refractivity contribution in [3.05, 3.63) is 189 Å². The lowest BCUT2D eigenvalue weighted by molar-refractivity contribution is -0.237. The van der Waals surface area contributed by atoms with Crippen molar-refractivity contribution in [2.24, 2.45) is 92.7 Å². The topological polar surface area (TPSA) is 176 Å². The first kappa shape index (κ1) is 79.9. The second-order valence-electron chi connectivity index (χ2n) is 38.8. The van der Waals surface area contributed by atoms with Crippen molar-refractivity contribution in [3.8, 4) is 23.0 Å². The third-order valence-electron chi connectivity index (χ3n) is 33.4. The molecule has 0 aromatic heterocycles. The molecule has 6 aromatic rings. The fraction of sp³-hybridized carbons (Fsp3) is 0.616. The molecule has 3 aliphatic heterocycles. The number of nitrogens with zero attached hydrogens (tertiary/aromatic N) is 1. The molecular weight excluding hydrogens is 1460 g/mol. The van der Waals surface area contributed by atoms with Gasteiger partial charge in [0.2, 0.25) is 0 Å². The molecule has 0 bridgehead atoms. The van der Waals surface area contributed by atoms with Crippen molar-refractivity contribution in [2.75, 3.05) is 80.4 Å². The smallest absolute Gasteiger partial charge is 0.174 e. The highest BCUT2D eigenvalue weighted by molar-refractivity contribution is 6.13. The molecule has 3 spiro atoms. The number of aromatic hydroxyl groups is 2. The Hall–Kier alpha value is -6.21. The van der Waals surface area contributed by atoms with E-state index in [2.05, 4.69) is 137 Å². The molecule has 0 amide bonds. The van der Waals surface area contributed by atoms with Crippen molar-refractivity contribution in [3.63, 3.8) is 0 Å². The summed E-state index contributed by atoms with van der Waals surface area (Å²) in [5.74, 6) is 10.3. The van der Waals surface area contributed by atoms with Crippen LogP contribution in [0.1, 0.15) is 210 Å². The van der Waals surface area contributed by atoms with E-state index in [4.69, 9.17) is 49.7 Å². The highest BCUT2D eigenvalue weighted by Crippen LogP contribution is 2.72. The zero-order chi connectivity index (χ0) is 79.2. The van der Waals surface area contributed by atoms with E-state index < -0.39 is 5.79 Å².